The number of carbonyl (C=O) groups excluding carboxylic acids is 1. The van der Waals surface area contributed by atoms with Gasteiger partial charge >= 0.3 is 5.97 Å². The van der Waals surface area contributed by atoms with Crippen molar-refractivity contribution in [3.63, 3.8) is 0 Å². The molecule has 37 heavy (non-hydrogen) atoms. The number of aromatic nitrogens is 4. The molecule has 5 aromatic rings. The highest BCUT2D eigenvalue weighted by molar-refractivity contribution is 6.04. The van der Waals surface area contributed by atoms with E-state index in [4.69, 9.17) is 23.7 Å². The SMILES string of the molecule is COc1ccc(-c2cc(C(=O)OCCCc3nc(-c4cccnc4)no3)c3ccccc3n2)cc1OC. The molecule has 186 valence electrons. The summed E-state index contributed by atoms with van der Waals surface area (Å²) in [5.41, 5.74) is 3.32. The zero-order valence-electron chi connectivity index (χ0n) is 20.4. The summed E-state index contributed by atoms with van der Waals surface area (Å²) in [6.07, 6.45) is 4.37. The molecule has 9 nitrogen and oxygen atoms in total. The van der Waals surface area contributed by atoms with Crippen LogP contribution in [0.2, 0.25) is 0 Å². The fourth-order valence-electron chi connectivity index (χ4n) is 3.92. The molecule has 0 radical (unpaired) electrons. The predicted molar refractivity (Wildman–Crippen MR) is 136 cm³/mol. The second-order valence-corrected chi connectivity index (χ2v) is 8.13. The highest BCUT2D eigenvalue weighted by Crippen LogP contribution is 2.33. The lowest BCUT2D eigenvalue weighted by molar-refractivity contribution is 0.0500. The second kappa shape index (κ2) is 10.9. The molecule has 3 heterocycles. The fraction of sp³-hybridized carbons (Fsp3) is 0.179. The molecule has 0 unspecified atom stereocenters. The summed E-state index contributed by atoms with van der Waals surface area (Å²) in [6, 6.07) is 18.4. The maximum absolute atomic E-state index is 13.1. The van der Waals surface area contributed by atoms with Gasteiger partial charge < -0.3 is 18.7 Å². The van der Waals surface area contributed by atoms with Crippen molar-refractivity contribution in [1.82, 2.24) is 20.1 Å². The van der Waals surface area contributed by atoms with Gasteiger partial charge in [0.15, 0.2) is 11.5 Å². The number of pyridine rings is 2. The van der Waals surface area contributed by atoms with Gasteiger partial charge in [0.25, 0.3) is 0 Å². The third-order valence-corrected chi connectivity index (χ3v) is 5.77. The van der Waals surface area contributed by atoms with E-state index in [2.05, 4.69) is 15.1 Å². The monoisotopic (exact) mass is 496 g/mol. The van der Waals surface area contributed by atoms with Gasteiger partial charge in [0, 0.05) is 35.3 Å². The van der Waals surface area contributed by atoms with E-state index in [1.165, 1.54) is 0 Å². The Bertz CT molecular complexity index is 1530. The Labute approximate surface area is 213 Å². The van der Waals surface area contributed by atoms with Gasteiger partial charge in [-0.3, -0.25) is 4.98 Å². The number of hydrogen-bond acceptors (Lipinski definition) is 9. The van der Waals surface area contributed by atoms with E-state index in [1.807, 2.05) is 48.5 Å². The molecule has 0 aliphatic heterocycles. The third-order valence-electron chi connectivity index (χ3n) is 5.77. The van der Waals surface area contributed by atoms with Crippen LogP contribution < -0.4 is 9.47 Å². The Balaban J connectivity index is 1.30. The first-order valence-electron chi connectivity index (χ1n) is 11.7. The molecule has 9 heteroatoms. The zero-order valence-corrected chi connectivity index (χ0v) is 20.4. The first kappa shape index (κ1) is 23.9. The Morgan fingerprint density at radius 3 is 2.59 bits per heavy atom. The van der Waals surface area contributed by atoms with E-state index in [0.717, 1.165) is 16.5 Å². The first-order chi connectivity index (χ1) is 18.2. The molecular formula is C28H24N4O5. The Morgan fingerprint density at radius 2 is 1.78 bits per heavy atom. The predicted octanol–water partition coefficient (Wildman–Crippen LogP) is 5.15. The van der Waals surface area contributed by atoms with Crippen molar-refractivity contribution >= 4 is 16.9 Å². The number of ether oxygens (including phenoxy) is 3. The van der Waals surface area contributed by atoms with Crippen LogP contribution in [0.25, 0.3) is 33.5 Å². The van der Waals surface area contributed by atoms with Gasteiger partial charge in [-0.2, -0.15) is 4.98 Å². The Hall–Kier alpha value is -4.79. The highest BCUT2D eigenvalue weighted by Gasteiger charge is 2.17. The standard InChI is InChI=1S/C28H24N4O5/c1-34-24-12-11-18(15-25(24)35-2)23-16-21(20-8-3-4-9-22(20)30-23)28(33)36-14-6-10-26-31-27(32-37-26)19-7-5-13-29-17-19/h3-5,7-9,11-13,15-17H,6,10,14H2,1-2H3. The average Bonchev–Trinajstić information content (AvgIpc) is 3.43. The molecule has 0 spiro atoms. The van der Waals surface area contributed by atoms with E-state index >= 15 is 0 Å². The molecule has 5 rings (SSSR count). The van der Waals surface area contributed by atoms with Gasteiger partial charge in [-0.1, -0.05) is 23.4 Å². The summed E-state index contributed by atoms with van der Waals surface area (Å²) in [5, 5.41) is 4.70. The molecule has 0 fully saturated rings. The number of para-hydroxylation sites is 1. The van der Waals surface area contributed by atoms with Gasteiger partial charge in [0.2, 0.25) is 11.7 Å². The van der Waals surface area contributed by atoms with Crippen LogP contribution in [-0.4, -0.2) is 46.9 Å². The van der Waals surface area contributed by atoms with Gasteiger partial charge in [0.1, 0.15) is 0 Å². The molecule has 0 amide bonds. The van der Waals surface area contributed by atoms with Crippen LogP contribution in [0.3, 0.4) is 0 Å². The van der Waals surface area contributed by atoms with Crippen molar-refractivity contribution in [2.24, 2.45) is 0 Å². The molecule has 0 bridgehead atoms. The Kier molecular flexibility index (Phi) is 7.02. The molecule has 3 aromatic heterocycles. The van der Waals surface area contributed by atoms with Crippen LogP contribution in [-0.2, 0) is 11.2 Å². The van der Waals surface area contributed by atoms with E-state index in [-0.39, 0.29) is 6.61 Å². The maximum atomic E-state index is 13.1. The number of aryl methyl sites for hydroxylation is 1. The smallest absolute Gasteiger partial charge is 0.338 e. The molecule has 0 saturated heterocycles. The molecule has 0 atom stereocenters. The summed E-state index contributed by atoms with van der Waals surface area (Å²) in [6.45, 7) is 0.200. The van der Waals surface area contributed by atoms with Gasteiger partial charge in [-0.25, -0.2) is 9.78 Å². The number of fused-ring (bicyclic) bond motifs is 1. The summed E-state index contributed by atoms with van der Waals surface area (Å²) < 4.78 is 21.7. The van der Waals surface area contributed by atoms with Gasteiger partial charge in [-0.05, 0) is 48.9 Å². The largest absolute Gasteiger partial charge is 0.493 e. The molecular weight excluding hydrogens is 472 g/mol. The van der Waals surface area contributed by atoms with Gasteiger partial charge in [-0.15, -0.1) is 0 Å². The van der Waals surface area contributed by atoms with Crippen LogP contribution in [0.1, 0.15) is 22.7 Å². The van der Waals surface area contributed by atoms with Crippen LogP contribution in [0.15, 0.2) is 77.6 Å². The number of nitrogens with zero attached hydrogens (tertiary/aromatic N) is 4. The summed E-state index contributed by atoms with van der Waals surface area (Å²) >= 11 is 0. The van der Waals surface area contributed by atoms with Crippen molar-refractivity contribution in [2.75, 3.05) is 20.8 Å². The van der Waals surface area contributed by atoms with Gasteiger partial charge in [0.05, 0.1) is 37.6 Å². The minimum absolute atomic E-state index is 0.200. The minimum atomic E-state index is -0.429. The minimum Gasteiger partial charge on any atom is -0.493 e. The number of esters is 1. The Morgan fingerprint density at radius 1 is 0.919 bits per heavy atom. The second-order valence-electron chi connectivity index (χ2n) is 8.13. The van der Waals surface area contributed by atoms with E-state index < -0.39 is 5.97 Å². The van der Waals surface area contributed by atoms with E-state index in [9.17, 15) is 4.79 Å². The lowest BCUT2D eigenvalue weighted by Gasteiger charge is -2.12. The average molecular weight is 497 g/mol. The molecule has 2 aromatic carbocycles. The molecule has 0 aliphatic rings. The summed E-state index contributed by atoms with van der Waals surface area (Å²) in [5.74, 6) is 1.71. The van der Waals surface area contributed by atoms with Crippen LogP contribution in [0.4, 0.5) is 0 Å². The molecule has 0 N–H and O–H groups in total. The molecule has 0 aliphatic carbocycles. The number of rotatable bonds is 9. The number of benzene rings is 2. The van der Waals surface area contributed by atoms with Crippen molar-refractivity contribution < 1.29 is 23.5 Å². The zero-order chi connectivity index (χ0) is 25.6. The van der Waals surface area contributed by atoms with Crippen molar-refractivity contribution in [1.29, 1.82) is 0 Å². The highest BCUT2D eigenvalue weighted by atomic mass is 16.5. The normalized spacial score (nSPS) is 10.9. The lowest BCUT2D eigenvalue weighted by Crippen LogP contribution is -2.09. The molecule has 0 saturated carbocycles. The first-order valence-corrected chi connectivity index (χ1v) is 11.7. The maximum Gasteiger partial charge on any atom is 0.338 e. The van der Waals surface area contributed by atoms with Crippen molar-refractivity contribution in [3.05, 3.63) is 84.5 Å². The number of methoxy groups -OCH3 is 2. The lowest BCUT2D eigenvalue weighted by atomic mass is 10.0. The van der Waals surface area contributed by atoms with Crippen molar-refractivity contribution in [2.45, 2.75) is 12.8 Å². The third kappa shape index (κ3) is 5.25. The summed E-state index contributed by atoms with van der Waals surface area (Å²) in [4.78, 5) is 26.3. The van der Waals surface area contributed by atoms with Crippen LogP contribution in [0, 0.1) is 0 Å². The van der Waals surface area contributed by atoms with Crippen LogP contribution in [0.5, 0.6) is 11.5 Å². The quantitative estimate of drug-likeness (QED) is 0.202. The van der Waals surface area contributed by atoms with E-state index in [0.29, 0.717) is 52.8 Å². The van der Waals surface area contributed by atoms with E-state index in [1.54, 1.807) is 38.7 Å². The van der Waals surface area contributed by atoms with Crippen LogP contribution >= 0.6 is 0 Å². The summed E-state index contributed by atoms with van der Waals surface area (Å²) in [7, 11) is 3.16. The number of hydrogen-bond donors (Lipinski definition) is 0. The van der Waals surface area contributed by atoms with Crippen molar-refractivity contribution in [3.8, 4) is 34.1 Å². The topological polar surface area (TPSA) is 109 Å². The number of carbonyl (C=O) groups is 1. The fourth-order valence-corrected chi connectivity index (χ4v) is 3.92.